The second-order valence-electron chi connectivity index (χ2n) is 6.38. The summed E-state index contributed by atoms with van der Waals surface area (Å²) < 4.78 is 32.8. The molecule has 0 saturated heterocycles. The zero-order chi connectivity index (χ0) is 19.6. The third-order valence-corrected chi connectivity index (χ3v) is 5.92. The fourth-order valence-electron chi connectivity index (χ4n) is 2.99. The first-order valence-electron chi connectivity index (χ1n) is 8.72. The van der Waals surface area contributed by atoms with E-state index >= 15 is 0 Å². The van der Waals surface area contributed by atoms with Crippen LogP contribution < -0.4 is 10.0 Å². The lowest BCUT2D eigenvalue weighted by Crippen LogP contribution is -2.38. The smallest absolute Gasteiger partial charge is 0.338 e. The molecule has 0 bridgehead atoms. The van der Waals surface area contributed by atoms with Gasteiger partial charge in [-0.05, 0) is 35.4 Å². The lowest BCUT2D eigenvalue weighted by Gasteiger charge is -2.28. The average molecular weight is 394 g/mol. The number of para-hydroxylation sites is 1. The van der Waals surface area contributed by atoms with Crippen LogP contribution in [0.5, 0.6) is 0 Å². The molecule has 6 nitrogen and oxygen atoms in total. The van der Waals surface area contributed by atoms with Gasteiger partial charge in [-0.15, -0.1) is 0 Å². The van der Waals surface area contributed by atoms with E-state index in [4.69, 9.17) is 4.74 Å². The van der Waals surface area contributed by atoms with E-state index in [-0.39, 0.29) is 11.5 Å². The molecule has 0 aliphatic carbocycles. The summed E-state index contributed by atoms with van der Waals surface area (Å²) in [7, 11) is -3.61. The third kappa shape index (κ3) is 3.76. The lowest BCUT2D eigenvalue weighted by atomic mass is 10.1. The van der Waals surface area contributed by atoms with Crippen molar-refractivity contribution in [1.29, 1.82) is 0 Å². The number of hydrogen-bond acceptors (Lipinski definition) is 5. The Bertz CT molecular complexity index is 1100. The molecule has 1 heterocycles. The van der Waals surface area contributed by atoms with E-state index in [2.05, 4.69) is 10.0 Å². The minimum absolute atomic E-state index is 0.197. The number of sulfonamides is 1. The van der Waals surface area contributed by atoms with Gasteiger partial charge in [0.2, 0.25) is 10.0 Å². The van der Waals surface area contributed by atoms with Crippen LogP contribution in [0.1, 0.15) is 27.7 Å². The molecule has 0 unspecified atom stereocenters. The molecule has 2 N–H and O–H groups in total. The fourth-order valence-corrected chi connectivity index (χ4v) is 4.30. The van der Waals surface area contributed by atoms with Crippen molar-refractivity contribution in [2.45, 2.75) is 17.7 Å². The van der Waals surface area contributed by atoms with Gasteiger partial charge in [0, 0.05) is 0 Å². The van der Waals surface area contributed by atoms with Gasteiger partial charge in [0.05, 0.1) is 11.3 Å². The topological polar surface area (TPSA) is 84.5 Å². The van der Waals surface area contributed by atoms with E-state index in [0.29, 0.717) is 16.8 Å². The summed E-state index contributed by atoms with van der Waals surface area (Å²) >= 11 is 0. The van der Waals surface area contributed by atoms with E-state index in [1.165, 1.54) is 0 Å². The first kappa shape index (κ1) is 18.2. The number of hydrogen-bond donors (Lipinski definition) is 2. The molecule has 1 atom stereocenters. The molecule has 0 aromatic heterocycles. The van der Waals surface area contributed by atoms with Crippen molar-refractivity contribution in [3.8, 4) is 0 Å². The highest BCUT2D eigenvalue weighted by molar-refractivity contribution is 7.89. The Morgan fingerprint density at radius 1 is 0.893 bits per heavy atom. The number of nitrogens with one attached hydrogen (secondary N) is 2. The number of anilines is 1. The van der Waals surface area contributed by atoms with Crippen LogP contribution in [0.15, 0.2) is 83.8 Å². The molecule has 0 spiro atoms. The minimum Gasteiger partial charge on any atom is -0.457 e. The highest BCUT2D eigenvalue weighted by atomic mass is 32.2. The van der Waals surface area contributed by atoms with Crippen molar-refractivity contribution in [2.24, 2.45) is 0 Å². The molecule has 0 amide bonds. The van der Waals surface area contributed by atoms with E-state index in [0.717, 1.165) is 5.56 Å². The average Bonchev–Trinajstić information content (AvgIpc) is 2.72. The maximum atomic E-state index is 12.4. The number of fused-ring (bicyclic) bond motifs is 1. The molecule has 1 aliphatic heterocycles. The second-order valence-corrected chi connectivity index (χ2v) is 8.06. The maximum Gasteiger partial charge on any atom is 0.338 e. The lowest BCUT2D eigenvalue weighted by molar-refractivity contribution is 0.0472. The normalized spacial score (nSPS) is 17.2. The van der Waals surface area contributed by atoms with Gasteiger partial charge in [0.25, 0.3) is 0 Å². The minimum atomic E-state index is -3.61. The number of esters is 1. The zero-order valence-corrected chi connectivity index (χ0v) is 15.6. The molecule has 28 heavy (non-hydrogen) atoms. The predicted molar refractivity (Wildman–Crippen MR) is 105 cm³/mol. The summed E-state index contributed by atoms with van der Waals surface area (Å²) in [5.41, 5.74) is 2.54. The van der Waals surface area contributed by atoms with Crippen molar-refractivity contribution in [2.75, 3.05) is 5.32 Å². The van der Waals surface area contributed by atoms with Crippen molar-refractivity contribution in [3.63, 3.8) is 0 Å². The third-order valence-electron chi connectivity index (χ3n) is 4.44. The van der Waals surface area contributed by atoms with Crippen LogP contribution in [-0.2, 0) is 21.4 Å². The molecule has 3 aromatic rings. The highest BCUT2D eigenvalue weighted by Gasteiger charge is 2.29. The number of benzene rings is 3. The monoisotopic (exact) mass is 394 g/mol. The Labute approximate surface area is 163 Å². The Morgan fingerprint density at radius 2 is 1.57 bits per heavy atom. The van der Waals surface area contributed by atoms with Crippen LogP contribution in [0.3, 0.4) is 0 Å². The summed E-state index contributed by atoms with van der Waals surface area (Å²) in [5, 5.41) is 3.16. The SMILES string of the molecule is O=C(OCc1ccccc1)c1ccc([C@H]2Nc3ccccc3S(=O)(=O)N2)cc1. The molecule has 3 aromatic carbocycles. The van der Waals surface area contributed by atoms with Crippen LogP contribution in [-0.4, -0.2) is 14.4 Å². The Kier molecular flexibility index (Phi) is 4.85. The first-order valence-corrected chi connectivity index (χ1v) is 10.2. The summed E-state index contributed by atoms with van der Waals surface area (Å²) in [6.45, 7) is 0.197. The maximum absolute atomic E-state index is 12.4. The van der Waals surface area contributed by atoms with Gasteiger partial charge in [-0.1, -0.05) is 54.6 Å². The van der Waals surface area contributed by atoms with Crippen LogP contribution in [0.2, 0.25) is 0 Å². The number of carbonyl (C=O) groups is 1. The molecule has 0 saturated carbocycles. The van der Waals surface area contributed by atoms with Gasteiger partial charge in [-0.25, -0.2) is 13.2 Å². The van der Waals surface area contributed by atoms with E-state index in [1.54, 1.807) is 48.5 Å². The number of ether oxygens (including phenoxy) is 1. The molecular weight excluding hydrogens is 376 g/mol. The first-order chi connectivity index (χ1) is 13.5. The Hall–Kier alpha value is -3.16. The zero-order valence-electron chi connectivity index (χ0n) is 14.8. The number of rotatable bonds is 4. The molecule has 0 radical (unpaired) electrons. The van der Waals surface area contributed by atoms with Crippen molar-refractivity contribution >= 4 is 21.7 Å². The quantitative estimate of drug-likeness (QED) is 0.662. The number of carbonyl (C=O) groups excluding carboxylic acids is 1. The summed E-state index contributed by atoms with van der Waals surface area (Å²) in [6.07, 6.45) is -0.616. The van der Waals surface area contributed by atoms with E-state index in [1.807, 2.05) is 30.3 Å². The van der Waals surface area contributed by atoms with E-state index in [9.17, 15) is 13.2 Å². The summed E-state index contributed by atoms with van der Waals surface area (Å²) in [5.74, 6) is -0.432. The Morgan fingerprint density at radius 3 is 2.32 bits per heavy atom. The van der Waals surface area contributed by atoms with Gasteiger partial charge in [0.15, 0.2) is 0 Å². The van der Waals surface area contributed by atoms with Gasteiger partial charge in [0.1, 0.15) is 17.7 Å². The standard InChI is InChI=1S/C21H18N2O4S/c24-21(27-14-15-6-2-1-3-7-15)17-12-10-16(11-13-17)20-22-18-8-4-5-9-19(18)28(25,26)23-20/h1-13,20,22-23H,14H2/t20-/m0/s1. The van der Waals surface area contributed by atoms with Crippen molar-refractivity contribution in [3.05, 3.63) is 95.6 Å². The predicted octanol–water partition coefficient (Wildman–Crippen LogP) is 3.45. The highest BCUT2D eigenvalue weighted by Crippen LogP contribution is 2.30. The second kappa shape index (κ2) is 7.46. The van der Waals surface area contributed by atoms with Crippen LogP contribution in [0.25, 0.3) is 0 Å². The van der Waals surface area contributed by atoms with Crippen molar-refractivity contribution in [1.82, 2.24) is 4.72 Å². The Balaban J connectivity index is 1.47. The van der Waals surface area contributed by atoms with Gasteiger partial charge in [-0.3, -0.25) is 0 Å². The van der Waals surface area contributed by atoms with Gasteiger partial charge >= 0.3 is 5.97 Å². The summed E-state index contributed by atoms with van der Waals surface area (Å²) in [4.78, 5) is 12.4. The van der Waals surface area contributed by atoms with E-state index < -0.39 is 22.2 Å². The molecule has 142 valence electrons. The largest absolute Gasteiger partial charge is 0.457 e. The molecule has 4 rings (SSSR count). The molecular formula is C21H18N2O4S. The molecule has 7 heteroatoms. The molecule has 0 fully saturated rings. The van der Waals surface area contributed by atoms with Crippen LogP contribution >= 0.6 is 0 Å². The fraction of sp³-hybridized carbons (Fsp3) is 0.0952. The van der Waals surface area contributed by atoms with Gasteiger partial charge < -0.3 is 10.1 Å². The van der Waals surface area contributed by atoms with Crippen LogP contribution in [0, 0.1) is 0 Å². The summed E-state index contributed by atoms with van der Waals surface area (Å²) in [6, 6.07) is 22.8. The van der Waals surface area contributed by atoms with Crippen molar-refractivity contribution < 1.29 is 17.9 Å². The molecule has 1 aliphatic rings. The van der Waals surface area contributed by atoms with Gasteiger partial charge in [-0.2, -0.15) is 4.72 Å². The van der Waals surface area contributed by atoms with Crippen LogP contribution in [0.4, 0.5) is 5.69 Å².